The first-order valence-corrected chi connectivity index (χ1v) is 5.54. The van der Waals surface area contributed by atoms with Gasteiger partial charge < -0.3 is 5.32 Å². The van der Waals surface area contributed by atoms with Crippen LogP contribution in [0.1, 0.15) is 10.4 Å². The average Bonchev–Trinajstić information content (AvgIpc) is 2.42. The lowest BCUT2D eigenvalue weighted by molar-refractivity contribution is 0.104. The molecule has 0 fully saturated rings. The molecule has 0 spiro atoms. The molecular weight excluding hydrogens is 228 g/mol. The molecule has 0 saturated heterocycles. The van der Waals surface area contributed by atoms with Crippen molar-refractivity contribution in [3.8, 4) is 0 Å². The van der Waals surface area contributed by atoms with Crippen LogP contribution in [-0.4, -0.2) is 5.78 Å². The van der Waals surface area contributed by atoms with E-state index >= 15 is 0 Å². The first kappa shape index (κ1) is 12.0. The molecule has 90 valence electrons. The lowest BCUT2D eigenvalue weighted by atomic mass is 10.1. The van der Waals surface area contributed by atoms with Crippen LogP contribution in [-0.2, 0) is 0 Å². The third-order valence-electron chi connectivity index (χ3n) is 2.39. The summed E-state index contributed by atoms with van der Waals surface area (Å²) in [5.74, 6) is -0.366. The molecule has 3 heteroatoms. The number of hydrogen-bond acceptors (Lipinski definition) is 2. The predicted octanol–water partition coefficient (Wildman–Crippen LogP) is 3.63. The minimum Gasteiger partial charge on any atom is -0.362 e. The van der Waals surface area contributed by atoms with E-state index in [1.165, 1.54) is 18.2 Å². The number of rotatable bonds is 4. The van der Waals surface area contributed by atoms with Gasteiger partial charge in [0.25, 0.3) is 0 Å². The minimum absolute atomic E-state index is 0.0785. The van der Waals surface area contributed by atoms with Crippen LogP contribution >= 0.6 is 0 Å². The van der Waals surface area contributed by atoms with Gasteiger partial charge in [0.05, 0.1) is 0 Å². The second kappa shape index (κ2) is 5.77. The van der Waals surface area contributed by atoms with E-state index in [0.717, 1.165) is 5.69 Å². The van der Waals surface area contributed by atoms with Gasteiger partial charge in [-0.15, -0.1) is 0 Å². The number of allylic oxidation sites excluding steroid dienone is 1. The minimum atomic E-state index is -0.287. The predicted molar refractivity (Wildman–Crippen MR) is 69.9 cm³/mol. The monoisotopic (exact) mass is 240 g/mol. The van der Waals surface area contributed by atoms with Gasteiger partial charge in [-0.25, -0.2) is 4.39 Å². The molecule has 2 rings (SSSR count). The molecule has 0 amide bonds. The molecule has 0 atom stereocenters. The molecule has 0 unspecified atom stereocenters. The van der Waals surface area contributed by atoms with E-state index in [0.29, 0.717) is 5.56 Å². The van der Waals surface area contributed by atoms with Crippen molar-refractivity contribution in [2.45, 2.75) is 0 Å². The van der Waals surface area contributed by atoms with Crippen LogP contribution in [0.25, 0.3) is 0 Å². The quantitative estimate of drug-likeness (QED) is 0.653. The fraction of sp³-hybridized carbons (Fsp3) is 0. The molecule has 0 radical (unpaired) electrons. The Morgan fingerprint density at radius 1 is 1.00 bits per heavy atom. The Kier molecular flexibility index (Phi) is 3.86. The highest BCUT2D eigenvalue weighted by Gasteiger charge is 1.98. The Bertz CT molecular complexity index is 546. The summed E-state index contributed by atoms with van der Waals surface area (Å²) in [5.41, 5.74) is 1.36. The number of nitrogens with one attached hydrogen (secondary N) is 1. The third kappa shape index (κ3) is 3.28. The SMILES string of the molecule is O=C(C=CNc1ccc([18F])cc1)c1ccccc1. The van der Waals surface area contributed by atoms with E-state index in [9.17, 15) is 9.18 Å². The number of benzene rings is 2. The Hall–Kier alpha value is -2.42. The van der Waals surface area contributed by atoms with E-state index in [-0.39, 0.29) is 11.6 Å². The van der Waals surface area contributed by atoms with Gasteiger partial charge in [-0.1, -0.05) is 30.3 Å². The van der Waals surface area contributed by atoms with Crippen LogP contribution in [0.2, 0.25) is 0 Å². The van der Waals surface area contributed by atoms with Gasteiger partial charge in [0.2, 0.25) is 0 Å². The van der Waals surface area contributed by atoms with Crippen LogP contribution in [0, 0.1) is 5.82 Å². The first-order valence-electron chi connectivity index (χ1n) is 5.54. The van der Waals surface area contributed by atoms with Crippen molar-refractivity contribution in [1.29, 1.82) is 0 Å². The molecule has 0 aromatic heterocycles. The molecule has 0 aliphatic rings. The molecule has 0 heterocycles. The lowest BCUT2D eigenvalue weighted by Crippen LogP contribution is -1.95. The second-order valence-corrected chi connectivity index (χ2v) is 3.71. The van der Waals surface area contributed by atoms with Crippen molar-refractivity contribution in [2.24, 2.45) is 0 Å². The van der Waals surface area contributed by atoms with Gasteiger partial charge in [0.1, 0.15) is 5.82 Å². The van der Waals surface area contributed by atoms with Crippen molar-refractivity contribution < 1.29 is 9.18 Å². The zero-order chi connectivity index (χ0) is 12.8. The van der Waals surface area contributed by atoms with Gasteiger partial charge in [-0.3, -0.25) is 4.79 Å². The molecule has 1 N–H and O–H groups in total. The van der Waals surface area contributed by atoms with E-state index in [1.54, 1.807) is 30.5 Å². The molecule has 0 saturated carbocycles. The number of carbonyl (C=O) groups is 1. The van der Waals surface area contributed by atoms with Gasteiger partial charge in [-0.05, 0) is 24.3 Å². The van der Waals surface area contributed by atoms with Crippen molar-refractivity contribution in [3.63, 3.8) is 0 Å². The van der Waals surface area contributed by atoms with Crippen LogP contribution in [0.4, 0.5) is 10.1 Å². The van der Waals surface area contributed by atoms with E-state index in [2.05, 4.69) is 5.32 Å². The number of carbonyl (C=O) groups excluding carboxylic acids is 1. The zero-order valence-electron chi connectivity index (χ0n) is 9.64. The van der Waals surface area contributed by atoms with Crippen molar-refractivity contribution >= 4 is 11.5 Å². The number of hydrogen-bond donors (Lipinski definition) is 1. The molecule has 0 aliphatic heterocycles. The maximum absolute atomic E-state index is 12.7. The van der Waals surface area contributed by atoms with E-state index in [4.69, 9.17) is 0 Å². The summed E-state index contributed by atoms with van der Waals surface area (Å²) >= 11 is 0. The maximum Gasteiger partial charge on any atom is 0.187 e. The Morgan fingerprint density at radius 3 is 2.33 bits per heavy atom. The van der Waals surface area contributed by atoms with Gasteiger partial charge in [-0.2, -0.15) is 0 Å². The van der Waals surface area contributed by atoms with E-state index < -0.39 is 0 Å². The molecule has 0 bridgehead atoms. The number of halogens is 1. The van der Waals surface area contributed by atoms with Crippen LogP contribution in [0.5, 0.6) is 0 Å². The smallest absolute Gasteiger partial charge is 0.187 e. The number of anilines is 1. The van der Waals surface area contributed by atoms with Gasteiger partial charge in [0, 0.05) is 23.5 Å². The molecule has 0 aliphatic carbocycles. The van der Waals surface area contributed by atoms with Gasteiger partial charge in [0.15, 0.2) is 5.78 Å². The first-order chi connectivity index (χ1) is 8.75. The molecular formula is C15H12FNO. The second-order valence-electron chi connectivity index (χ2n) is 3.71. The third-order valence-corrected chi connectivity index (χ3v) is 2.39. The fourth-order valence-corrected chi connectivity index (χ4v) is 1.46. The highest BCUT2D eigenvalue weighted by atomic mass is 18.2. The normalized spacial score (nSPS) is 10.5. The summed E-state index contributed by atoms with van der Waals surface area (Å²) in [6.07, 6.45) is 2.99. The van der Waals surface area contributed by atoms with Crippen LogP contribution in [0.3, 0.4) is 0 Å². The van der Waals surface area contributed by atoms with E-state index in [1.807, 2.05) is 18.2 Å². The van der Waals surface area contributed by atoms with Crippen LogP contribution < -0.4 is 5.32 Å². The highest BCUT2D eigenvalue weighted by molar-refractivity contribution is 6.04. The number of ketones is 1. The summed E-state index contributed by atoms with van der Waals surface area (Å²) in [7, 11) is 0. The van der Waals surface area contributed by atoms with Crippen molar-refractivity contribution in [3.05, 3.63) is 78.3 Å². The standard InChI is InChI=1S/C15H12FNO/c16-13-6-8-14(9-7-13)17-11-10-15(18)12-4-2-1-3-5-12/h1-11,17H/i16-1. The van der Waals surface area contributed by atoms with Crippen LogP contribution in [0.15, 0.2) is 66.9 Å². The summed E-state index contributed by atoms with van der Waals surface area (Å²) in [5, 5.41) is 2.90. The molecule has 2 aromatic carbocycles. The molecule has 2 nitrogen and oxygen atoms in total. The maximum atomic E-state index is 12.7. The largest absolute Gasteiger partial charge is 0.362 e. The van der Waals surface area contributed by atoms with Gasteiger partial charge >= 0.3 is 0 Å². The Labute approximate surface area is 105 Å². The summed E-state index contributed by atoms with van der Waals surface area (Å²) in [6, 6.07) is 14.9. The summed E-state index contributed by atoms with van der Waals surface area (Å²) in [6.45, 7) is 0. The lowest BCUT2D eigenvalue weighted by Gasteiger charge is -1.99. The zero-order valence-corrected chi connectivity index (χ0v) is 9.64. The summed E-state index contributed by atoms with van der Waals surface area (Å²) < 4.78 is 12.7. The topological polar surface area (TPSA) is 29.1 Å². The Balaban J connectivity index is 1.96. The van der Waals surface area contributed by atoms with Crippen molar-refractivity contribution in [2.75, 3.05) is 5.32 Å². The fourth-order valence-electron chi connectivity index (χ4n) is 1.46. The Morgan fingerprint density at radius 2 is 1.67 bits per heavy atom. The molecule has 2 aromatic rings. The average molecular weight is 240 g/mol. The molecule has 18 heavy (non-hydrogen) atoms. The van der Waals surface area contributed by atoms with Crippen molar-refractivity contribution in [1.82, 2.24) is 0 Å². The summed E-state index contributed by atoms with van der Waals surface area (Å²) in [4.78, 5) is 11.7. The highest BCUT2D eigenvalue weighted by Crippen LogP contribution is 2.08.